The van der Waals surface area contributed by atoms with E-state index < -0.39 is 17.1 Å². The minimum Gasteiger partial charge on any atom is -0.468 e. The normalized spacial score (nSPS) is 22.2. The van der Waals surface area contributed by atoms with Crippen molar-refractivity contribution in [3.8, 4) is 0 Å². The smallest absolute Gasteiger partial charge is 0.325 e. The van der Waals surface area contributed by atoms with E-state index >= 15 is 0 Å². The molecule has 1 fully saturated rings. The van der Waals surface area contributed by atoms with Crippen molar-refractivity contribution in [2.75, 3.05) is 25.1 Å². The van der Waals surface area contributed by atoms with Crippen molar-refractivity contribution in [3.63, 3.8) is 0 Å². The van der Waals surface area contributed by atoms with Crippen molar-refractivity contribution in [1.82, 2.24) is 4.90 Å². The molecule has 0 aliphatic carbocycles. The zero-order valence-electron chi connectivity index (χ0n) is 17.7. The summed E-state index contributed by atoms with van der Waals surface area (Å²) >= 11 is 0.856. The van der Waals surface area contributed by atoms with Crippen LogP contribution < -0.4 is 4.90 Å². The first kappa shape index (κ1) is 21.4. The lowest BCUT2D eigenvalue weighted by atomic mass is 9.79. The number of anilines is 1. The first-order chi connectivity index (χ1) is 13.7. The van der Waals surface area contributed by atoms with E-state index in [9.17, 15) is 14.4 Å². The van der Waals surface area contributed by atoms with E-state index in [2.05, 4.69) is 49.5 Å². The Morgan fingerprint density at radius 3 is 2.72 bits per heavy atom. The molecule has 1 atom stereocenters. The monoisotopic (exact) mass is 416 g/mol. The predicted octanol–water partition coefficient (Wildman–Crippen LogP) is 4.40. The van der Waals surface area contributed by atoms with Crippen molar-refractivity contribution in [2.24, 2.45) is 0 Å². The van der Waals surface area contributed by atoms with Crippen LogP contribution in [0.5, 0.6) is 0 Å². The van der Waals surface area contributed by atoms with E-state index in [0.29, 0.717) is 10.8 Å². The van der Waals surface area contributed by atoms with Crippen molar-refractivity contribution in [3.05, 3.63) is 34.2 Å². The number of hydrogen-bond acceptors (Lipinski definition) is 6. The summed E-state index contributed by atoms with van der Waals surface area (Å²) in [6, 6.07) is 6.23. The lowest BCUT2D eigenvalue weighted by Gasteiger charge is -2.47. The molecule has 7 heteroatoms. The van der Waals surface area contributed by atoms with Crippen LogP contribution >= 0.6 is 11.8 Å². The van der Waals surface area contributed by atoms with Gasteiger partial charge < -0.3 is 9.64 Å². The van der Waals surface area contributed by atoms with Crippen LogP contribution in [0.15, 0.2) is 23.1 Å². The van der Waals surface area contributed by atoms with Crippen LogP contribution in [0.4, 0.5) is 10.5 Å². The second-order valence-electron chi connectivity index (χ2n) is 8.23. The molecule has 2 heterocycles. The van der Waals surface area contributed by atoms with E-state index in [-0.39, 0.29) is 12.1 Å². The minimum atomic E-state index is -0.616. The summed E-state index contributed by atoms with van der Waals surface area (Å²) in [7, 11) is 1.23. The zero-order chi connectivity index (χ0) is 21.3. The lowest BCUT2D eigenvalue weighted by molar-refractivity contribution is -0.143. The van der Waals surface area contributed by atoms with Crippen LogP contribution in [0, 0.1) is 0 Å². The molecule has 3 rings (SSSR count). The maximum Gasteiger partial charge on any atom is 0.325 e. The number of imide groups is 1. The molecule has 156 valence electrons. The summed E-state index contributed by atoms with van der Waals surface area (Å²) < 4.78 is 4.56. The van der Waals surface area contributed by atoms with Crippen LogP contribution in [-0.4, -0.2) is 47.8 Å². The molecule has 1 saturated heterocycles. The average molecular weight is 417 g/mol. The molecule has 2 amide bonds. The molecule has 0 radical (unpaired) electrons. The Hall–Kier alpha value is -2.28. The number of fused-ring (bicyclic) bond motifs is 1. The van der Waals surface area contributed by atoms with Gasteiger partial charge in [-0.25, -0.2) is 0 Å². The predicted molar refractivity (Wildman–Crippen MR) is 116 cm³/mol. The summed E-state index contributed by atoms with van der Waals surface area (Å²) in [6.45, 7) is 9.63. The van der Waals surface area contributed by atoms with Crippen LogP contribution in [0.1, 0.15) is 57.6 Å². The SMILES string of the molecule is CCCN1c2ccc(/C=C3\SC(=O)N(CC(=O)OC)C3=O)cc2C(C)CC1(C)C. The van der Waals surface area contributed by atoms with Gasteiger partial charge in [0.2, 0.25) is 0 Å². The van der Waals surface area contributed by atoms with Gasteiger partial charge >= 0.3 is 5.97 Å². The van der Waals surface area contributed by atoms with Gasteiger partial charge in [0.1, 0.15) is 6.54 Å². The van der Waals surface area contributed by atoms with E-state index in [1.54, 1.807) is 6.08 Å². The van der Waals surface area contributed by atoms with Gasteiger partial charge in [0.25, 0.3) is 11.1 Å². The molecule has 0 bridgehead atoms. The maximum absolute atomic E-state index is 12.5. The summed E-state index contributed by atoms with van der Waals surface area (Å²) in [5, 5.41) is -0.450. The number of benzene rings is 1. The Labute approximate surface area is 176 Å². The second-order valence-corrected chi connectivity index (χ2v) is 9.22. The molecule has 1 unspecified atom stereocenters. The molecule has 1 aromatic carbocycles. The number of amides is 2. The lowest BCUT2D eigenvalue weighted by Crippen LogP contribution is -2.48. The van der Waals surface area contributed by atoms with Gasteiger partial charge in [-0.15, -0.1) is 0 Å². The fourth-order valence-corrected chi connectivity index (χ4v) is 5.07. The average Bonchev–Trinajstić information content (AvgIpc) is 2.92. The minimum absolute atomic E-state index is 0.0977. The molecule has 0 spiro atoms. The van der Waals surface area contributed by atoms with E-state index in [1.807, 2.05) is 6.07 Å². The topological polar surface area (TPSA) is 66.9 Å². The molecule has 0 aromatic heterocycles. The van der Waals surface area contributed by atoms with Crippen LogP contribution in [-0.2, 0) is 14.3 Å². The summed E-state index contributed by atoms with van der Waals surface area (Å²) in [4.78, 5) is 39.8. The van der Waals surface area contributed by atoms with Gasteiger partial charge in [0, 0.05) is 17.8 Å². The van der Waals surface area contributed by atoms with Crippen molar-refractivity contribution >= 4 is 40.6 Å². The van der Waals surface area contributed by atoms with Gasteiger partial charge in [-0.2, -0.15) is 0 Å². The Balaban J connectivity index is 1.90. The number of methoxy groups -OCH3 is 1. The van der Waals surface area contributed by atoms with Gasteiger partial charge in [-0.05, 0) is 73.7 Å². The number of carbonyl (C=O) groups is 3. The highest BCUT2D eigenvalue weighted by Gasteiger charge is 2.38. The molecule has 2 aliphatic rings. The molecule has 0 N–H and O–H groups in total. The zero-order valence-corrected chi connectivity index (χ0v) is 18.5. The van der Waals surface area contributed by atoms with Crippen LogP contribution in [0.2, 0.25) is 0 Å². The fraction of sp³-hybridized carbons (Fsp3) is 0.500. The number of esters is 1. The van der Waals surface area contributed by atoms with Gasteiger partial charge in [-0.3, -0.25) is 19.3 Å². The molecule has 29 heavy (non-hydrogen) atoms. The van der Waals surface area contributed by atoms with Crippen molar-refractivity contribution in [1.29, 1.82) is 0 Å². The van der Waals surface area contributed by atoms with Crippen LogP contribution in [0.3, 0.4) is 0 Å². The third kappa shape index (κ3) is 4.20. The first-order valence-corrected chi connectivity index (χ1v) is 10.7. The number of hydrogen-bond donors (Lipinski definition) is 0. The maximum atomic E-state index is 12.5. The van der Waals surface area contributed by atoms with Crippen LogP contribution in [0.25, 0.3) is 6.08 Å². The quantitative estimate of drug-likeness (QED) is 0.524. The number of ether oxygens (including phenoxy) is 1. The Morgan fingerprint density at radius 2 is 2.07 bits per heavy atom. The summed E-state index contributed by atoms with van der Waals surface area (Å²) in [6.07, 6.45) is 3.87. The van der Waals surface area contributed by atoms with E-state index in [1.165, 1.54) is 18.4 Å². The molecule has 2 aliphatic heterocycles. The Kier molecular flexibility index (Phi) is 6.08. The highest BCUT2D eigenvalue weighted by Crippen LogP contribution is 2.44. The number of carbonyl (C=O) groups excluding carboxylic acids is 3. The Morgan fingerprint density at radius 1 is 1.34 bits per heavy atom. The molecular weight excluding hydrogens is 388 g/mol. The third-order valence-corrected chi connectivity index (χ3v) is 6.45. The first-order valence-electron chi connectivity index (χ1n) is 9.91. The second kappa shape index (κ2) is 8.22. The van der Waals surface area contributed by atoms with Crippen molar-refractivity contribution in [2.45, 2.75) is 52.0 Å². The van der Waals surface area contributed by atoms with E-state index in [4.69, 9.17) is 0 Å². The van der Waals surface area contributed by atoms with E-state index in [0.717, 1.165) is 41.6 Å². The third-order valence-electron chi connectivity index (χ3n) is 5.54. The Bertz CT molecular complexity index is 878. The van der Waals surface area contributed by atoms with Gasteiger partial charge in [0.15, 0.2) is 0 Å². The summed E-state index contributed by atoms with van der Waals surface area (Å²) in [5.74, 6) is -0.671. The number of nitrogens with zero attached hydrogens (tertiary/aromatic N) is 2. The van der Waals surface area contributed by atoms with Crippen molar-refractivity contribution < 1.29 is 19.1 Å². The highest BCUT2D eigenvalue weighted by atomic mass is 32.2. The molecule has 0 saturated carbocycles. The largest absolute Gasteiger partial charge is 0.468 e. The van der Waals surface area contributed by atoms with Gasteiger partial charge in [0.05, 0.1) is 12.0 Å². The number of thioether (sulfide) groups is 1. The summed E-state index contributed by atoms with van der Waals surface area (Å²) in [5.41, 5.74) is 3.49. The fourth-order valence-electron chi connectivity index (χ4n) is 4.23. The standard InChI is InChI=1S/C22H28N2O4S/c1-6-9-24-17-8-7-15(10-16(17)14(2)12-22(24,3)4)11-18-20(26)23(21(27)29-18)13-19(25)28-5/h7-8,10-11,14H,6,9,12-13H2,1-5H3/b18-11-. The molecular formula is C22H28N2O4S. The van der Waals surface area contributed by atoms with Gasteiger partial charge in [-0.1, -0.05) is 19.9 Å². The highest BCUT2D eigenvalue weighted by molar-refractivity contribution is 8.18. The molecule has 1 aromatic rings. The molecule has 6 nitrogen and oxygen atoms in total. The number of rotatable bonds is 5.